The molecule has 0 aromatic rings. The van der Waals surface area contributed by atoms with Crippen molar-refractivity contribution in [2.75, 3.05) is 66.1 Å². The largest absolute Gasteiger partial charge is 0.481 e. The van der Waals surface area contributed by atoms with Gasteiger partial charge < -0.3 is 38.6 Å². The molecule has 2 N–H and O–H groups in total. The first-order chi connectivity index (χ1) is 16.3. The molecule has 0 saturated carbocycles. The maximum absolute atomic E-state index is 11.4. The molecule has 0 spiro atoms. The van der Waals surface area contributed by atoms with Crippen molar-refractivity contribution in [3.05, 3.63) is 0 Å². The van der Waals surface area contributed by atoms with Gasteiger partial charge >= 0.3 is 23.9 Å². The maximum atomic E-state index is 11.4. The van der Waals surface area contributed by atoms with E-state index >= 15 is 0 Å². The Morgan fingerprint density at radius 2 is 0.853 bits per heavy atom. The normalized spacial score (nSPS) is 10.6. The van der Waals surface area contributed by atoms with Crippen LogP contribution < -0.4 is 0 Å². The average molecular weight is 494 g/mol. The van der Waals surface area contributed by atoms with E-state index in [-0.39, 0.29) is 58.3 Å². The van der Waals surface area contributed by atoms with Gasteiger partial charge in [0.05, 0.1) is 59.3 Å². The predicted octanol–water partition coefficient (Wildman–Crippen LogP) is 0.218. The first-order valence-electron chi connectivity index (χ1n) is 10.9. The first kappa shape index (κ1) is 31.4. The molecule has 0 fully saturated rings. The van der Waals surface area contributed by atoms with Crippen LogP contribution in [0.1, 0.15) is 38.5 Å². The van der Waals surface area contributed by atoms with Crippen LogP contribution in [0, 0.1) is 0 Å². The highest BCUT2D eigenvalue weighted by atomic mass is 16.6. The second-order valence-corrected chi connectivity index (χ2v) is 6.72. The molecule has 0 aliphatic carbocycles. The maximum Gasteiger partial charge on any atom is 0.372 e. The lowest BCUT2D eigenvalue weighted by atomic mass is 10.2. The number of Topliss-reactive ketones (excluding diaryl/α,β-unsaturated/α-hetero) is 1. The molecular weight excluding hydrogens is 460 g/mol. The molecule has 0 heterocycles. The van der Waals surface area contributed by atoms with Crippen LogP contribution in [0.4, 0.5) is 0 Å². The van der Waals surface area contributed by atoms with E-state index in [1.165, 1.54) is 0 Å². The Morgan fingerprint density at radius 3 is 1.26 bits per heavy atom. The highest BCUT2D eigenvalue weighted by Crippen LogP contribution is 2.01. The van der Waals surface area contributed by atoms with Crippen molar-refractivity contribution in [1.29, 1.82) is 0 Å². The number of carbonyl (C=O) groups excluding carboxylic acids is 3. The lowest BCUT2D eigenvalue weighted by Crippen LogP contribution is -2.17. The molecule has 0 unspecified atom stereocenters. The van der Waals surface area contributed by atoms with Gasteiger partial charge in [0.15, 0.2) is 0 Å². The fraction of sp³-hybridized carbons (Fsp3) is 0.762. The molecule has 0 aromatic heterocycles. The van der Waals surface area contributed by atoms with Gasteiger partial charge in [0, 0.05) is 19.3 Å². The molecule has 0 aliphatic heterocycles. The number of carboxylic acids is 2. The van der Waals surface area contributed by atoms with Crippen LogP contribution in [0.2, 0.25) is 0 Å². The van der Waals surface area contributed by atoms with Crippen LogP contribution in [0.15, 0.2) is 0 Å². The SMILES string of the molecule is O=C(O)CCCCC(=O)OCCOCCOCCOCCOCCOC(=O)CCC(=O)C(=O)O. The third-order valence-corrected chi connectivity index (χ3v) is 3.91. The lowest BCUT2D eigenvalue weighted by Gasteiger charge is -2.08. The molecule has 13 heteroatoms. The van der Waals surface area contributed by atoms with Crippen molar-refractivity contribution in [3.8, 4) is 0 Å². The third kappa shape index (κ3) is 22.6. The van der Waals surface area contributed by atoms with E-state index in [0.29, 0.717) is 45.9 Å². The van der Waals surface area contributed by atoms with Crippen LogP contribution in [0.3, 0.4) is 0 Å². The number of ketones is 1. The molecule has 196 valence electrons. The van der Waals surface area contributed by atoms with Gasteiger partial charge in [-0.3, -0.25) is 19.2 Å². The zero-order valence-corrected chi connectivity index (χ0v) is 19.2. The van der Waals surface area contributed by atoms with Crippen molar-refractivity contribution in [3.63, 3.8) is 0 Å². The molecule has 0 aliphatic rings. The molecule has 0 amide bonds. The summed E-state index contributed by atoms with van der Waals surface area (Å²) in [5, 5.41) is 16.9. The van der Waals surface area contributed by atoms with Gasteiger partial charge in [-0.05, 0) is 12.8 Å². The highest BCUT2D eigenvalue weighted by Gasteiger charge is 2.14. The standard InChI is InChI=1S/C21H34O13/c22-17(21(27)28)5-6-20(26)34-16-14-32-12-10-30-8-7-29-9-11-31-13-15-33-19(25)4-2-1-3-18(23)24/h1-16H2,(H,23,24)(H,27,28). The van der Waals surface area contributed by atoms with Gasteiger partial charge in [0.2, 0.25) is 5.78 Å². The Bertz CT molecular complexity index is 605. The zero-order valence-electron chi connectivity index (χ0n) is 19.2. The fourth-order valence-corrected chi connectivity index (χ4v) is 2.20. The third-order valence-electron chi connectivity index (χ3n) is 3.91. The quantitative estimate of drug-likeness (QED) is 0.106. The number of hydrogen-bond acceptors (Lipinski definition) is 11. The van der Waals surface area contributed by atoms with E-state index in [0.717, 1.165) is 0 Å². The van der Waals surface area contributed by atoms with Gasteiger partial charge in [0.25, 0.3) is 0 Å². The number of carbonyl (C=O) groups is 5. The molecule has 0 radical (unpaired) electrons. The zero-order chi connectivity index (χ0) is 25.4. The molecule has 0 saturated heterocycles. The number of rotatable bonds is 24. The summed E-state index contributed by atoms with van der Waals surface area (Å²) in [6, 6.07) is 0. The minimum atomic E-state index is -1.57. The van der Waals surface area contributed by atoms with Gasteiger partial charge in [0.1, 0.15) is 13.2 Å². The van der Waals surface area contributed by atoms with E-state index in [4.69, 9.17) is 38.6 Å². The average Bonchev–Trinajstić information content (AvgIpc) is 2.79. The minimum absolute atomic E-state index is 0.00476. The Kier molecular flexibility index (Phi) is 20.5. The second kappa shape index (κ2) is 22.2. The Hall–Kier alpha value is -2.61. The number of aliphatic carboxylic acids is 2. The predicted molar refractivity (Wildman–Crippen MR) is 113 cm³/mol. The molecule has 0 rings (SSSR count). The second-order valence-electron chi connectivity index (χ2n) is 6.72. The van der Waals surface area contributed by atoms with Crippen LogP contribution in [0.5, 0.6) is 0 Å². The number of hydrogen-bond donors (Lipinski definition) is 2. The van der Waals surface area contributed by atoms with Crippen molar-refractivity contribution < 1.29 is 62.6 Å². The summed E-state index contributed by atoms with van der Waals surface area (Å²) in [6.45, 7) is 2.54. The Balaban J connectivity index is 3.26. The van der Waals surface area contributed by atoms with Gasteiger partial charge in [-0.2, -0.15) is 0 Å². The number of carboxylic acid groups (broad SMARTS) is 2. The smallest absolute Gasteiger partial charge is 0.372 e. The topological polar surface area (TPSA) is 181 Å². The van der Waals surface area contributed by atoms with Crippen molar-refractivity contribution in [1.82, 2.24) is 0 Å². The van der Waals surface area contributed by atoms with E-state index < -0.39 is 30.1 Å². The van der Waals surface area contributed by atoms with E-state index in [2.05, 4.69) is 0 Å². The lowest BCUT2D eigenvalue weighted by molar-refractivity contribution is -0.151. The summed E-state index contributed by atoms with van der Waals surface area (Å²) < 4.78 is 30.8. The molecule has 13 nitrogen and oxygen atoms in total. The summed E-state index contributed by atoms with van der Waals surface area (Å²) in [7, 11) is 0. The summed E-state index contributed by atoms with van der Waals surface area (Å²) in [4.78, 5) is 54.2. The van der Waals surface area contributed by atoms with Crippen molar-refractivity contribution in [2.24, 2.45) is 0 Å². The summed E-state index contributed by atoms with van der Waals surface area (Å²) in [5.41, 5.74) is 0. The van der Waals surface area contributed by atoms with Crippen molar-refractivity contribution >= 4 is 29.7 Å². The fourth-order valence-electron chi connectivity index (χ4n) is 2.20. The van der Waals surface area contributed by atoms with Crippen LogP contribution in [-0.4, -0.2) is 106 Å². The summed E-state index contributed by atoms with van der Waals surface area (Å²) >= 11 is 0. The highest BCUT2D eigenvalue weighted by molar-refractivity contribution is 6.32. The van der Waals surface area contributed by atoms with Crippen molar-refractivity contribution in [2.45, 2.75) is 38.5 Å². The monoisotopic (exact) mass is 494 g/mol. The van der Waals surface area contributed by atoms with E-state index in [1.807, 2.05) is 0 Å². The van der Waals surface area contributed by atoms with Crippen LogP contribution in [-0.2, 0) is 52.4 Å². The number of ether oxygens (including phenoxy) is 6. The number of unbranched alkanes of at least 4 members (excludes halogenated alkanes) is 1. The van der Waals surface area contributed by atoms with Gasteiger partial charge in [-0.1, -0.05) is 0 Å². The first-order valence-corrected chi connectivity index (χ1v) is 10.9. The molecular formula is C21H34O13. The molecule has 0 aromatic carbocycles. The summed E-state index contributed by atoms with van der Waals surface area (Å²) in [5.74, 6) is -4.54. The van der Waals surface area contributed by atoms with Gasteiger partial charge in [-0.15, -0.1) is 0 Å². The van der Waals surface area contributed by atoms with E-state index in [9.17, 15) is 24.0 Å². The molecule has 34 heavy (non-hydrogen) atoms. The van der Waals surface area contributed by atoms with Crippen LogP contribution in [0.25, 0.3) is 0 Å². The minimum Gasteiger partial charge on any atom is -0.481 e. The van der Waals surface area contributed by atoms with Crippen LogP contribution >= 0.6 is 0 Å². The molecule has 0 bridgehead atoms. The summed E-state index contributed by atoms with van der Waals surface area (Å²) in [6.07, 6.45) is 0.462. The number of esters is 2. The van der Waals surface area contributed by atoms with Gasteiger partial charge in [-0.25, -0.2) is 4.79 Å². The van der Waals surface area contributed by atoms with E-state index in [1.54, 1.807) is 0 Å². The molecule has 0 atom stereocenters. The Morgan fingerprint density at radius 1 is 0.471 bits per heavy atom. The Labute approximate surface area is 197 Å².